The quantitative estimate of drug-likeness (QED) is 0.145. The van der Waals surface area contributed by atoms with Gasteiger partial charge in [0.15, 0.2) is 11.6 Å². The van der Waals surface area contributed by atoms with E-state index in [9.17, 15) is 9.59 Å². The third kappa shape index (κ3) is 10.7. The van der Waals surface area contributed by atoms with Crippen LogP contribution in [0, 0.1) is 21.7 Å². The highest BCUT2D eigenvalue weighted by molar-refractivity contribution is 6.13. The normalized spacial score (nSPS) is 15.2. The van der Waals surface area contributed by atoms with Crippen LogP contribution in [0.15, 0.2) is 206 Å². The van der Waals surface area contributed by atoms with Crippen molar-refractivity contribution in [3.05, 3.63) is 197 Å². The molecule has 7 nitrogen and oxygen atoms in total. The lowest BCUT2D eigenvalue weighted by Gasteiger charge is -2.31. The van der Waals surface area contributed by atoms with Crippen LogP contribution in [0.25, 0.3) is 33.6 Å². The SMILES string of the molecule is CC(C)(C)C1=CC(=C(N=Nc2ccc(-c3ccccc3)cc2)c2cccc(C(N=Nc3ccc(-c4ccccc4)cc3)=C3C=C(C(C)(C)C)C(=O)C(C(C)(C)C)=C3)n2)C=C(C(C)(C)C)C1=O. The van der Waals surface area contributed by atoms with Crippen molar-refractivity contribution in [3.8, 4) is 22.3 Å². The summed E-state index contributed by atoms with van der Waals surface area (Å²) in [6.45, 7) is 24.7. The Kier molecular flexibility index (Phi) is 13.2. The molecule has 0 unspecified atom stereocenters. The molecule has 0 bridgehead atoms. The molecule has 4 aromatic carbocycles. The van der Waals surface area contributed by atoms with Gasteiger partial charge in [-0.1, -0.05) is 174 Å². The Morgan fingerprint density at radius 1 is 0.364 bits per heavy atom. The molecule has 7 rings (SSSR count). The fraction of sp³-hybridized carbons (Fsp3) is 0.271. The Morgan fingerprint density at radius 3 is 0.939 bits per heavy atom. The second-order valence-electron chi connectivity index (χ2n) is 21.1. The van der Waals surface area contributed by atoms with Crippen LogP contribution in [0.3, 0.4) is 0 Å². The van der Waals surface area contributed by atoms with Gasteiger partial charge in [0, 0.05) is 33.4 Å². The van der Waals surface area contributed by atoms with Crippen LogP contribution in [0.1, 0.15) is 94.5 Å². The molecule has 2 aliphatic carbocycles. The largest absolute Gasteiger partial charge is 0.289 e. The molecule has 0 saturated carbocycles. The van der Waals surface area contributed by atoms with E-state index >= 15 is 0 Å². The Hall–Kier alpha value is -6.99. The number of hydrogen-bond acceptors (Lipinski definition) is 7. The number of aromatic nitrogens is 1. The van der Waals surface area contributed by atoms with Crippen molar-refractivity contribution in [3.63, 3.8) is 0 Å². The van der Waals surface area contributed by atoms with Crippen molar-refractivity contribution < 1.29 is 9.59 Å². The standard InChI is InChI=1S/C59H61N5O2/c1-56(2,3)46-34-42(35-47(54(46)65)57(4,5)6)52(63-61-44-30-26-40(27-31-44)38-20-15-13-16-21-38)50-24-19-25-51(60-50)53(43-36-48(58(7,8)9)55(66)49(37-43)59(10,11)12)64-62-45-32-28-41(29-33-45)39-22-17-14-18-23-39/h13-37H,1-12H3. The Labute approximate surface area is 391 Å². The zero-order valence-corrected chi connectivity index (χ0v) is 40.5. The maximum absolute atomic E-state index is 14.2. The average molecular weight is 872 g/mol. The van der Waals surface area contributed by atoms with Crippen molar-refractivity contribution in [2.24, 2.45) is 42.1 Å². The molecule has 0 radical (unpaired) electrons. The molecular weight excluding hydrogens is 811 g/mol. The second kappa shape index (κ2) is 18.5. The molecule has 66 heavy (non-hydrogen) atoms. The van der Waals surface area contributed by atoms with Crippen LogP contribution in [0.2, 0.25) is 0 Å². The van der Waals surface area contributed by atoms with E-state index in [1.165, 1.54) is 0 Å². The minimum atomic E-state index is -0.457. The van der Waals surface area contributed by atoms with Gasteiger partial charge in [0.05, 0.1) is 22.8 Å². The number of carbonyl (C=O) groups excluding carboxylic acids is 2. The minimum Gasteiger partial charge on any atom is -0.289 e. The molecule has 5 aromatic rings. The number of nitrogens with zero attached hydrogens (tertiary/aromatic N) is 5. The van der Waals surface area contributed by atoms with Crippen molar-refractivity contribution in [2.75, 3.05) is 0 Å². The molecule has 0 atom stereocenters. The van der Waals surface area contributed by atoms with E-state index in [2.05, 4.69) is 107 Å². The molecule has 0 aliphatic heterocycles. The highest BCUT2D eigenvalue weighted by Gasteiger charge is 2.36. The van der Waals surface area contributed by atoms with Gasteiger partial charge < -0.3 is 0 Å². The van der Waals surface area contributed by atoms with Crippen molar-refractivity contribution in [1.29, 1.82) is 0 Å². The Bertz CT molecular complexity index is 2640. The molecule has 0 spiro atoms. The zero-order valence-electron chi connectivity index (χ0n) is 40.5. The lowest BCUT2D eigenvalue weighted by atomic mass is 9.71. The fourth-order valence-electron chi connectivity index (χ4n) is 7.89. The number of azo groups is 2. The molecule has 1 aromatic heterocycles. The van der Waals surface area contributed by atoms with E-state index in [-0.39, 0.29) is 11.6 Å². The molecule has 0 saturated heterocycles. The van der Waals surface area contributed by atoms with Gasteiger partial charge >= 0.3 is 0 Å². The van der Waals surface area contributed by atoms with Gasteiger partial charge in [-0.2, -0.15) is 10.2 Å². The first-order chi connectivity index (χ1) is 31.1. The van der Waals surface area contributed by atoms with Gasteiger partial charge in [0.2, 0.25) is 0 Å². The lowest BCUT2D eigenvalue weighted by molar-refractivity contribution is -0.114. The maximum atomic E-state index is 14.2. The highest BCUT2D eigenvalue weighted by Crippen LogP contribution is 2.43. The van der Waals surface area contributed by atoms with E-state index in [0.29, 0.717) is 56.4 Å². The number of Topliss-reactive ketones (excluding diaryl/α,β-unsaturated/α-hetero) is 2. The molecule has 1 heterocycles. The molecular formula is C59H61N5O2. The summed E-state index contributed by atoms with van der Waals surface area (Å²) in [7, 11) is 0. The summed E-state index contributed by atoms with van der Waals surface area (Å²) in [4.78, 5) is 33.7. The van der Waals surface area contributed by atoms with Gasteiger partial charge in [-0.3, -0.25) is 9.59 Å². The molecule has 0 fully saturated rings. The fourth-order valence-corrected chi connectivity index (χ4v) is 7.89. The Morgan fingerprint density at radius 2 is 0.652 bits per heavy atom. The first-order valence-electron chi connectivity index (χ1n) is 22.7. The topological polar surface area (TPSA) is 96.5 Å². The smallest absolute Gasteiger partial charge is 0.186 e. The van der Waals surface area contributed by atoms with E-state index in [1.807, 2.05) is 127 Å². The molecule has 334 valence electrons. The van der Waals surface area contributed by atoms with Gasteiger partial charge in [0.25, 0.3) is 0 Å². The van der Waals surface area contributed by atoms with Gasteiger partial charge in [-0.05, 0) is 105 Å². The van der Waals surface area contributed by atoms with Crippen LogP contribution in [0.5, 0.6) is 0 Å². The third-order valence-corrected chi connectivity index (χ3v) is 11.7. The number of rotatable bonds is 8. The van der Waals surface area contributed by atoms with Crippen molar-refractivity contribution in [2.45, 2.75) is 83.1 Å². The summed E-state index contributed by atoms with van der Waals surface area (Å²) in [5, 5.41) is 19.6. The van der Waals surface area contributed by atoms with Crippen LogP contribution in [-0.2, 0) is 9.59 Å². The molecule has 0 N–H and O–H groups in total. The predicted molar refractivity (Wildman–Crippen MR) is 271 cm³/mol. The predicted octanol–water partition coefficient (Wildman–Crippen LogP) is 16.5. The van der Waals surface area contributed by atoms with Gasteiger partial charge in [-0.15, -0.1) is 10.2 Å². The Balaban J connectivity index is 1.45. The van der Waals surface area contributed by atoms with Gasteiger partial charge in [-0.25, -0.2) is 4.98 Å². The lowest BCUT2D eigenvalue weighted by Crippen LogP contribution is -2.28. The van der Waals surface area contributed by atoms with Crippen LogP contribution in [0.4, 0.5) is 11.4 Å². The van der Waals surface area contributed by atoms with Crippen LogP contribution >= 0.6 is 0 Å². The summed E-state index contributed by atoms with van der Waals surface area (Å²) in [5.74, 6) is 0.0411. The van der Waals surface area contributed by atoms with Crippen molar-refractivity contribution in [1.82, 2.24) is 4.98 Å². The van der Waals surface area contributed by atoms with E-state index in [4.69, 9.17) is 25.4 Å². The summed E-state index contributed by atoms with van der Waals surface area (Å²) in [6.07, 6.45) is 7.78. The molecule has 7 heteroatoms. The van der Waals surface area contributed by atoms with E-state index in [0.717, 1.165) is 33.4 Å². The van der Waals surface area contributed by atoms with Crippen LogP contribution in [-0.4, -0.2) is 16.6 Å². The molecule has 2 aliphatic rings. The summed E-state index contributed by atoms with van der Waals surface area (Å²) in [6, 6.07) is 42.1. The number of pyridine rings is 1. The summed E-state index contributed by atoms with van der Waals surface area (Å²) >= 11 is 0. The van der Waals surface area contributed by atoms with Crippen molar-refractivity contribution >= 4 is 34.3 Å². The maximum Gasteiger partial charge on any atom is 0.186 e. The van der Waals surface area contributed by atoms with Gasteiger partial charge in [0.1, 0.15) is 11.4 Å². The summed E-state index contributed by atoms with van der Waals surface area (Å²) < 4.78 is 0. The zero-order chi connectivity index (χ0) is 47.6. The number of ketones is 2. The monoisotopic (exact) mass is 871 g/mol. The first-order valence-corrected chi connectivity index (χ1v) is 22.7. The highest BCUT2D eigenvalue weighted by atomic mass is 16.1. The average Bonchev–Trinajstić information content (AvgIpc) is 3.27. The van der Waals surface area contributed by atoms with E-state index in [1.54, 1.807) is 0 Å². The number of allylic oxidation sites excluding steroid dienone is 10. The molecule has 0 amide bonds. The number of benzene rings is 4. The first kappa shape index (κ1) is 47.0. The van der Waals surface area contributed by atoms with Crippen LogP contribution < -0.4 is 0 Å². The third-order valence-electron chi connectivity index (χ3n) is 11.7. The number of hydrogen-bond donors (Lipinski definition) is 0. The number of carbonyl (C=O) groups is 2. The minimum absolute atomic E-state index is 0.0206. The van der Waals surface area contributed by atoms with E-state index < -0.39 is 21.7 Å². The second-order valence-corrected chi connectivity index (χ2v) is 21.1. The summed E-state index contributed by atoms with van der Waals surface area (Å²) in [5.41, 5.74) is 10.1.